The molecule has 0 aliphatic carbocycles. The molecule has 0 radical (unpaired) electrons. The molecule has 8 heteroatoms. The Morgan fingerprint density at radius 3 is 3.32 bits per heavy atom. The molecule has 0 spiro atoms. The van der Waals surface area contributed by atoms with Gasteiger partial charge in [-0.05, 0) is 6.42 Å². The monoisotopic (exact) mass is 342 g/mol. The van der Waals surface area contributed by atoms with Gasteiger partial charge in [-0.3, -0.25) is 14.1 Å². The molecule has 2 aromatic rings. The summed E-state index contributed by atoms with van der Waals surface area (Å²) in [6.07, 6.45) is 2.97. The van der Waals surface area contributed by atoms with Crippen molar-refractivity contribution in [1.82, 2.24) is 19.6 Å². The molecule has 2 aromatic heterocycles. The van der Waals surface area contributed by atoms with Gasteiger partial charge in [0.25, 0.3) is 0 Å². The first-order valence-electron chi connectivity index (χ1n) is 7.32. The highest BCUT2D eigenvalue weighted by Gasteiger charge is 2.22. The second-order valence-corrected chi connectivity index (χ2v) is 6.64. The zero-order chi connectivity index (χ0) is 15.5. The number of carbonyl (C=O) groups excluding carboxylic acids is 1. The molecule has 3 rings (SSSR count). The number of ether oxygens (including phenoxy) is 1. The number of hydrogen-bond acceptors (Lipinski definition) is 5. The molecule has 3 heterocycles. The summed E-state index contributed by atoms with van der Waals surface area (Å²) >= 11 is 7.84. The van der Waals surface area contributed by atoms with E-state index in [1.807, 2.05) is 11.6 Å². The second-order valence-electron chi connectivity index (χ2n) is 5.40. The van der Waals surface area contributed by atoms with E-state index >= 15 is 0 Å². The third kappa shape index (κ3) is 3.60. The summed E-state index contributed by atoms with van der Waals surface area (Å²) in [5.41, 5.74) is 1.03. The summed E-state index contributed by atoms with van der Waals surface area (Å²) < 4.78 is 7.82. The van der Waals surface area contributed by atoms with Crippen LogP contribution in [0.4, 0.5) is 0 Å². The number of morpholine rings is 1. The van der Waals surface area contributed by atoms with Crippen molar-refractivity contribution < 1.29 is 9.53 Å². The Hall–Kier alpha value is -1.15. The first-order chi connectivity index (χ1) is 10.6. The number of thiazole rings is 1. The lowest BCUT2D eigenvalue weighted by molar-refractivity contribution is -0.119. The van der Waals surface area contributed by atoms with Crippen molar-refractivity contribution in [2.75, 3.05) is 26.2 Å². The minimum Gasteiger partial charge on any atom is -0.375 e. The van der Waals surface area contributed by atoms with Crippen molar-refractivity contribution in [2.24, 2.45) is 0 Å². The number of fused-ring (bicyclic) bond motifs is 1. The summed E-state index contributed by atoms with van der Waals surface area (Å²) in [4.78, 5) is 18.5. The third-order valence-corrected chi connectivity index (χ3v) is 4.81. The van der Waals surface area contributed by atoms with Gasteiger partial charge in [0.2, 0.25) is 5.91 Å². The molecule has 1 fully saturated rings. The van der Waals surface area contributed by atoms with E-state index in [2.05, 4.69) is 19.6 Å². The molecule has 0 saturated carbocycles. The summed E-state index contributed by atoms with van der Waals surface area (Å²) in [7, 11) is 0. The highest BCUT2D eigenvalue weighted by molar-refractivity contribution is 7.15. The number of nitrogens with zero attached hydrogens (tertiary/aromatic N) is 3. The fraction of sp³-hybridized carbons (Fsp3) is 0.571. The van der Waals surface area contributed by atoms with Crippen molar-refractivity contribution in [3.05, 3.63) is 22.4 Å². The smallest absolute Gasteiger partial charge is 0.216 e. The van der Waals surface area contributed by atoms with Crippen LogP contribution in [-0.4, -0.2) is 52.5 Å². The maximum atomic E-state index is 10.9. The summed E-state index contributed by atoms with van der Waals surface area (Å²) in [6.45, 7) is 5.36. The Bertz CT molecular complexity index is 656. The van der Waals surface area contributed by atoms with Crippen LogP contribution in [-0.2, 0) is 16.1 Å². The maximum absolute atomic E-state index is 10.9. The molecule has 1 aliphatic rings. The molecule has 0 unspecified atom stereocenters. The number of carbonyl (C=O) groups is 1. The molecule has 1 saturated heterocycles. The van der Waals surface area contributed by atoms with Gasteiger partial charge in [-0.15, -0.1) is 11.3 Å². The number of amides is 1. The molecular weight excluding hydrogens is 324 g/mol. The molecule has 6 nitrogen and oxygen atoms in total. The quantitative estimate of drug-likeness (QED) is 0.899. The van der Waals surface area contributed by atoms with E-state index in [0.29, 0.717) is 18.3 Å². The standard InChI is InChI=1S/C14H19ClN4O2S/c1-10(20)16-3-2-11-8-18(4-6-21-11)9-12-13(15)17-14-19(12)5-7-22-14/h5,7,11H,2-4,6,8-9H2,1H3,(H,16,20)/t11-/m1/s1. The average Bonchev–Trinajstić information content (AvgIpc) is 3.02. The predicted molar refractivity (Wildman–Crippen MR) is 86.4 cm³/mol. The zero-order valence-corrected chi connectivity index (χ0v) is 14.0. The van der Waals surface area contributed by atoms with E-state index in [-0.39, 0.29) is 12.0 Å². The molecule has 22 heavy (non-hydrogen) atoms. The van der Waals surface area contributed by atoms with Crippen LogP contribution in [0.15, 0.2) is 11.6 Å². The first-order valence-corrected chi connectivity index (χ1v) is 8.57. The maximum Gasteiger partial charge on any atom is 0.216 e. The number of nitrogens with one attached hydrogen (secondary N) is 1. The van der Waals surface area contributed by atoms with Gasteiger partial charge in [-0.25, -0.2) is 4.98 Å². The minimum atomic E-state index is -0.00134. The lowest BCUT2D eigenvalue weighted by Crippen LogP contribution is -2.43. The summed E-state index contributed by atoms with van der Waals surface area (Å²) in [5, 5.41) is 5.40. The summed E-state index contributed by atoms with van der Waals surface area (Å²) in [5.74, 6) is -0.00134. The minimum absolute atomic E-state index is 0.00134. The van der Waals surface area contributed by atoms with Crippen LogP contribution in [0.1, 0.15) is 19.0 Å². The van der Waals surface area contributed by atoms with Crippen LogP contribution in [0.5, 0.6) is 0 Å². The van der Waals surface area contributed by atoms with E-state index in [1.54, 1.807) is 11.3 Å². The van der Waals surface area contributed by atoms with E-state index in [0.717, 1.165) is 36.7 Å². The molecular formula is C14H19ClN4O2S. The number of aromatic nitrogens is 2. The molecule has 0 bridgehead atoms. The number of halogens is 1. The fourth-order valence-corrected chi connectivity index (χ4v) is 3.68. The van der Waals surface area contributed by atoms with Gasteiger partial charge >= 0.3 is 0 Å². The van der Waals surface area contributed by atoms with E-state index in [1.165, 1.54) is 6.92 Å². The molecule has 1 amide bonds. The highest BCUT2D eigenvalue weighted by atomic mass is 35.5. The Kier molecular flexibility index (Phi) is 4.97. The summed E-state index contributed by atoms with van der Waals surface area (Å²) in [6, 6.07) is 0. The lowest BCUT2D eigenvalue weighted by atomic mass is 10.2. The Labute approximate surface area is 138 Å². The highest BCUT2D eigenvalue weighted by Crippen LogP contribution is 2.23. The van der Waals surface area contributed by atoms with Crippen LogP contribution in [0, 0.1) is 0 Å². The third-order valence-electron chi connectivity index (χ3n) is 3.75. The van der Waals surface area contributed by atoms with Gasteiger partial charge in [0.1, 0.15) is 0 Å². The van der Waals surface area contributed by atoms with Gasteiger partial charge in [-0.2, -0.15) is 0 Å². The van der Waals surface area contributed by atoms with E-state index < -0.39 is 0 Å². The van der Waals surface area contributed by atoms with Gasteiger partial charge in [0.15, 0.2) is 10.1 Å². The van der Waals surface area contributed by atoms with Crippen molar-refractivity contribution in [3.8, 4) is 0 Å². The van der Waals surface area contributed by atoms with Crippen molar-refractivity contribution >= 4 is 33.8 Å². The second kappa shape index (κ2) is 6.95. The van der Waals surface area contributed by atoms with Gasteiger partial charge < -0.3 is 10.1 Å². The SMILES string of the molecule is CC(=O)NCC[C@@H]1CN(Cc2c(Cl)nc3sccn23)CCO1. The molecule has 1 atom stereocenters. The largest absolute Gasteiger partial charge is 0.375 e. The molecule has 1 N–H and O–H groups in total. The molecule has 1 aliphatic heterocycles. The van der Waals surface area contributed by atoms with E-state index in [4.69, 9.17) is 16.3 Å². The van der Waals surface area contributed by atoms with Crippen molar-refractivity contribution in [3.63, 3.8) is 0 Å². The Morgan fingerprint density at radius 2 is 2.50 bits per heavy atom. The van der Waals surface area contributed by atoms with Crippen molar-refractivity contribution in [2.45, 2.75) is 26.0 Å². The average molecular weight is 343 g/mol. The van der Waals surface area contributed by atoms with Gasteiger partial charge in [0, 0.05) is 44.7 Å². The van der Waals surface area contributed by atoms with Crippen LogP contribution < -0.4 is 5.32 Å². The molecule has 120 valence electrons. The van der Waals surface area contributed by atoms with Gasteiger partial charge in [-0.1, -0.05) is 11.6 Å². The van der Waals surface area contributed by atoms with E-state index in [9.17, 15) is 4.79 Å². The fourth-order valence-electron chi connectivity index (χ4n) is 2.67. The van der Waals surface area contributed by atoms with Gasteiger partial charge in [0.05, 0.1) is 18.4 Å². The normalized spacial score (nSPS) is 19.6. The van der Waals surface area contributed by atoms with Crippen LogP contribution in [0.25, 0.3) is 4.96 Å². The number of hydrogen-bond donors (Lipinski definition) is 1. The number of rotatable bonds is 5. The molecule has 0 aromatic carbocycles. The Morgan fingerprint density at radius 1 is 1.64 bits per heavy atom. The Balaban J connectivity index is 1.59. The first kappa shape index (κ1) is 15.7. The number of imidazole rings is 1. The predicted octanol–water partition coefficient (Wildman–Crippen LogP) is 1.78. The van der Waals surface area contributed by atoms with Crippen LogP contribution in [0.3, 0.4) is 0 Å². The van der Waals surface area contributed by atoms with Crippen molar-refractivity contribution in [1.29, 1.82) is 0 Å². The van der Waals surface area contributed by atoms with Crippen LogP contribution >= 0.6 is 22.9 Å². The lowest BCUT2D eigenvalue weighted by Gasteiger charge is -2.32. The zero-order valence-electron chi connectivity index (χ0n) is 12.4. The van der Waals surface area contributed by atoms with Crippen LogP contribution in [0.2, 0.25) is 5.15 Å². The topological polar surface area (TPSA) is 58.9 Å².